The number of carbonyl (C=O) groups is 3. The summed E-state index contributed by atoms with van der Waals surface area (Å²) in [5.41, 5.74) is 2.88. The van der Waals surface area contributed by atoms with Crippen LogP contribution in [-0.2, 0) is 14.4 Å². The molecule has 2 N–H and O–H groups in total. The molecule has 29 heavy (non-hydrogen) atoms. The van der Waals surface area contributed by atoms with E-state index in [9.17, 15) is 14.4 Å². The summed E-state index contributed by atoms with van der Waals surface area (Å²) in [6, 6.07) is 16.9. The normalized spacial score (nSPS) is 17.0. The molecular weight excluding hydrogens is 370 g/mol. The van der Waals surface area contributed by atoms with Crippen molar-refractivity contribution in [2.75, 3.05) is 11.9 Å². The van der Waals surface area contributed by atoms with Gasteiger partial charge in [-0.2, -0.15) is 0 Å². The summed E-state index contributed by atoms with van der Waals surface area (Å²) in [4.78, 5) is 42.8. The zero-order valence-electron chi connectivity index (χ0n) is 16.3. The minimum Gasteiger partial charge on any atom is -0.481 e. The minimum absolute atomic E-state index is 0.297. The first kappa shape index (κ1) is 20.3. The Morgan fingerprint density at radius 2 is 1.79 bits per heavy atom. The molecule has 0 fully saturated rings. The number of fused-ring (bicyclic) bond motifs is 1. The first-order chi connectivity index (χ1) is 13.9. The number of nitrogens with one attached hydrogen (secondary N) is 1. The number of likely N-dealkylation sites (N-methyl/N-ethyl adjacent to an activating group) is 1. The third-order valence-electron chi connectivity index (χ3n) is 4.95. The molecule has 150 valence electrons. The Hall–Kier alpha value is -3.48. The van der Waals surface area contributed by atoms with E-state index in [-0.39, 0.29) is 12.3 Å². The van der Waals surface area contributed by atoms with Gasteiger partial charge in [-0.25, -0.2) is 4.99 Å². The molecule has 7 nitrogen and oxygen atoms in total. The van der Waals surface area contributed by atoms with Crippen LogP contribution in [0.1, 0.15) is 30.9 Å². The van der Waals surface area contributed by atoms with Crippen molar-refractivity contribution in [3.05, 3.63) is 65.7 Å². The highest BCUT2D eigenvalue weighted by atomic mass is 16.4. The van der Waals surface area contributed by atoms with Crippen molar-refractivity contribution in [3.63, 3.8) is 0 Å². The lowest BCUT2D eigenvalue weighted by atomic mass is 10.0. The minimum atomic E-state index is -1.14. The lowest BCUT2D eigenvalue weighted by Gasteiger charge is -2.22. The van der Waals surface area contributed by atoms with Crippen LogP contribution in [0.2, 0.25) is 0 Å². The number of anilines is 1. The Balaban J connectivity index is 2.02. The van der Waals surface area contributed by atoms with Gasteiger partial charge in [-0.15, -0.1) is 0 Å². The van der Waals surface area contributed by atoms with Gasteiger partial charge in [-0.1, -0.05) is 55.5 Å². The van der Waals surface area contributed by atoms with E-state index in [0.717, 1.165) is 11.1 Å². The van der Waals surface area contributed by atoms with Crippen LogP contribution in [0.5, 0.6) is 0 Å². The summed E-state index contributed by atoms with van der Waals surface area (Å²) in [5.74, 6) is -2.67. The number of aliphatic imine (C=N–C) groups is 1. The predicted molar refractivity (Wildman–Crippen MR) is 110 cm³/mol. The largest absolute Gasteiger partial charge is 0.481 e. The summed E-state index contributed by atoms with van der Waals surface area (Å²) in [7, 11) is 1.64. The summed E-state index contributed by atoms with van der Waals surface area (Å²) >= 11 is 0. The maximum Gasteiger partial charge on any atom is 0.304 e. The standard InChI is InChI=1S/C22H23N3O4/c1-3-14(13-18(26)27)21(28)24-20-22(29)25(2)17-12-8-7-11-16(17)19(23-20)15-9-5-4-6-10-15/h4-12,14,20H,3,13H2,1-2H3,(H,24,28)(H,26,27)/t14-,20?/m1/s1. The number of benzene rings is 2. The Bertz CT molecular complexity index is 956. The van der Waals surface area contributed by atoms with Crippen LogP contribution in [-0.4, -0.2) is 41.8 Å². The van der Waals surface area contributed by atoms with Gasteiger partial charge in [0.2, 0.25) is 12.1 Å². The third kappa shape index (κ3) is 4.34. The molecule has 2 aromatic carbocycles. The van der Waals surface area contributed by atoms with Crippen molar-refractivity contribution >= 4 is 29.2 Å². The predicted octanol–water partition coefficient (Wildman–Crippen LogP) is 2.44. The molecule has 0 aromatic heterocycles. The molecule has 2 aromatic rings. The fraction of sp³-hybridized carbons (Fsp3) is 0.273. The molecule has 0 saturated carbocycles. The quantitative estimate of drug-likeness (QED) is 0.787. The third-order valence-corrected chi connectivity index (χ3v) is 4.95. The first-order valence-corrected chi connectivity index (χ1v) is 9.44. The number of carboxylic acids is 1. The Morgan fingerprint density at radius 1 is 1.14 bits per heavy atom. The van der Waals surface area contributed by atoms with E-state index in [2.05, 4.69) is 10.3 Å². The van der Waals surface area contributed by atoms with E-state index in [1.54, 1.807) is 14.0 Å². The zero-order chi connectivity index (χ0) is 21.0. The Morgan fingerprint density at radius 3 is 2.45 bits per heavy atom. The summed E-state index contributed by atoms with van der Waals surface area (Å²) in [6.45, 7) is 1.74. The monoisotopic (exact) mass is 393 g/mol. The second kappa shape index (κ2) is 8.68. The molecule has 2 amide bonds. The Kier molecular flexibility index (Phi) is 6.07. The average molecular weight is 393 g/mol. The number of carboxylic acid groups (broad SMARTS) is 1. The van der Waals surface area contributed by atoms with Crippen molar-refractivity contribution in [3.8, 4) is 0 Å². The maximum atomic E-state index is 13.0. The van der Waals surface area contributed by atoms with Crippen LogP contribution in [0.4, 0.5) is 5.69 Å². The van der Waals surface area contributed by atoms with Crippen LogP contribution in [0.3, 0.4) is 0 Å². The van der Waals surface area contributed by atoms with E-state index in [4.69, 9.17) is 5.11 Å². The van der Waals surface area contributed by atoms with E-state index >= 15 is 0 Å². The number of aliphatic carboxylic acids is 1. The second-order valence-corrected chi connectivity index (χ2v) is 6.87. The topological polar surface area (TPSA) is 99.1 Å². The number of amides is 2. The lowest BCUT2D eigenvalue weighted by Crippen LogP contribution is -2.48. The van der Waals surface area contributed by atoms with Crippen molar-refractivity contribution in [2.24, 2.45) is 10.9 Å². The van der Waals surface area contributed by atoms with Crippen molar-refractivity contribution in [1.29, 1.82) is 0 Å². The summed E-state index contributed by atoms with van der Waals surface area (Å²) in [5, 5.41) is 11.7. The summed E-state index contributed by atoms with van der Waals surface area (Å²) < 4.78 is 0. The van der Waals surface area contributed by atoms with E-state index in [1.807, 2.05) is 54.6 Å². The van der Waals surface area contributed by atoms with Gasteiger partial charge >= 0.3 is 5.97 Å². The Labute approximate surface area is 169 Å². The van der Waals surface area contributed by atoms with Gasteiger partial charge in [0.15, 0.2) is 0 Å². The number of hydrogen-bond donors (Lipinski definition) is 2. The molecule has 3 rings (SSSR count). The van der Waals surface area contributed by atoms with Gasteiger partial charge in [-0.3, -0.25) is 14.4 Å². The van der Waals surface area contributed by atoms with Crippen LogP contribution >= 0.6 is 0 Å². The van der Waals surface area contributed by atoms with Gasteiger partial charge in [0.1, 0.15) is 0 Å². The van der Waals surface area contributed by atoms with Gasteiger partial charge in [-0.05, 0) is 12.5 Å². The molecule has 1 aliphatic heterocycles. The van der Waals surface area contributed by atoms with Crippen molar-refractivity contribution < 1.29 is 19.5 Å². The lowest BCUT2D eigenvalue weighted by molar-refractivity contribution is -0.141. The number of carbonyl (C=O) groups excluding carboxylic acids is 2. The van der Waals surface area contributed by atoms with Crippen molar-refractivity contribution in [2.45, 2.75) is 25.9 Å². The number of para-hydroxylation sites is 1. The van der Waals surface area contributed by atoms with Crippen LogP contribution in [0.15, 0.2) is 59.6 Å². The van der Waals surface area contributed by atoms with Crippen LogP contribution in [0.25, 0.3) is 0 Å². The van der Waals surface area contributed by atoms with E-state index in [1.165, 1.54) is 4.90 Å². The summed E-state index contributed by atoms with van der Waals surface area (Å²) in [6.07, 6.45) is -1.09. The highest BCUT2D eigenvalue weighted by Gasteiger charge is 2.32. The number of hydrogen-bond acceptors (Lipinski definition) is 4. The van der Waals surface area contributed by atoms with Gasteiger partial charge in [0, 0.05) is 24.1 Å². The van der Waals surface area contributed by atoms with Gasteiger partial charge < -0.3 is 15.3 Å². The maximum absolute atomic E-state index is 13.0. The highest BCUT2D eigenvalue weighted by Crippen LogP contribution is 2.27. The van der Waals surface area contributed by atoms with Crippen molar-refractivity contribution in [1.82, 2.24) is 5.32 Å². The molecule has 0 spiro atoms. The van der Waals surface area contributed by atoms with E-state index < -0.39 is 24.0 Å². The van der Waals surface area contributed by atoms with Gasteiger partial charge in [0.05, 0.1) is 17.8 Å². The molecule has 0 saturated heterocycles. The molecule has 1 unspecified atom stereocenters. The molecular formula is C22H23N3O4. The number of rotatable bonds is 6. The molecule has 7 heteroatoms. The zero-order valence-corrected chi connectivity index (χ0v) is 16.3. The molecule has 2 atom stereocenters. The number of nitrogens with zero attached hydrogens (tertiary/aromatic N) is 2. The smallest absolute Gasteiger partial charge is 0.304 e. The number of benzodiazepines with no additional fused rings is 1. The first-order valence-electron chi connectivity index (χ1n) is 9.44. The fourth-order valence-electron chi connectivity index (χ4n) is 3.33. The molecule has 1 heterocycles. The molecule has 0 aliphatic carbocycles. The highest BCUT2D eigenvalue weighted by molar-refractivity contribution is 6.20. The fourth-order valence-corrected chi connectivity index (χ4v) is 3.33. The van der Waals surface area contributed by atoms with Crippen LogP contribution < -0.4 is 10.2 Å². The van der Waals surface area contributed by atoms with Crippen LogP contribution in [0, 0.1) is 5.92 Å². The van der Waals surface area contributed by atoms with Gasteiger partial charge in [0.25, 0.3) is 5.91 Å². The average Bonchev–Trinajstić information content (AvgIpc) is 2.83. The SMILES string of the molecule is CC[C@H](CC(=O)O)C(=O)NC1N=C(c2ccccc2)c2ccccc2N(C)C1=O. The molecule has 0 bridgehead atoms. The van der Waals surface area contributed by atoms with E-state index in [0.29, 0.717) is 17.8 Å². The molecule has 1 aliphatic rings. The molecule has 0 radical (unpaired) electrons. The second-order valence-electron chi connectivity index (χ2n) is 6.87.